The van der Waals surface area contributed by atoms with Crippen molar-refractivity contribution in [2.75, 3.05) is 0 Å². The third kappa shape index (κ3) is 7.36. The molecule has 0 saturated heterocycles. The summed E-state index contributed by atoms with van der Waals surface area (Å²) in [4.78, 5) is 1.28. The number of benzene rings is 3. The number of quaternary nitrogens is 1. The molecule has 0 aromatic heterocycles. The summed E-state index contributed by atoms with van der Waals surface area (Å²) < 4.78 is 0. The van der Waals surface area contributed by atoms with Crippen LogP contribution >= 0.6 is 0 Å². The van der Waals surface area contributed by atoms with Crippen molar-refractivity contribution in [2.45, 2.75) is 41.5 Å². The molecule has 1 N–H and O–H groups in total. The van der Waals surface area contributed by atoms with Crippen molar-refractivity contribution in [1.82, 2.24) is 0 Å². The summed E-state index contributed by atoms with van der Waals surface area (Å²) in [5.74, 6) is 0. The van der Waals surface area contributed by atoms with Crippen LogP contribution < -0.4 is 4.90 Å². The minimum absolute atomic E-state index is 1.25. The fourth-order valence-electron chi connectivity index (χ4n) is 2.31. The predicted molar refractivity (Wildman–Crippen MR) is 113 cm³/mol. The normalized spacial score (nSPS) is 8.76. The van der Waals surface area contributed by atoms with Gasteiger partial charge in [0.25, 0.3) is 0 Å². The molecule has 0 aliphatic heterocycles. The van der Waals surface area contributed by atoms with E-state index in [-0.39, 0.29) is 0 Å². The van der Waals surface area contributed by atoms with Crippen molar-refractivity contribution in [1.29, 1.82) is 0 Å². The molecule has 0 atom stereocenters. The molecule has 0 aliphatic carbocycles. The molecule has 0 radical (unpaired) electrons. The van der Waals surface area contributed by atoms with E-state index in [2.05, 4.69) is 91.0 Å². The van der Waals surface area contributed by atoms with Gasteiger partial charge in [-0.05, 0) is 36.4 Å². The van der Waals surface area contributed by atoms with Crippen LogP contribution in [0, 0.1) is 0 Å². The molecule has 0 amide bonds. The van der Waals surface area contributed by atoms with Gasteiger partial charge in [0.15, 0.2) is 0 Å². The average molecular weight is 337 g/mol. The van der Waals surface area contributed by atoms with Crippen LogP contribution in [0.15, 0.2) is 91.0 Å². The quantitative estimate of drug-likeness (QED) is 0.528. The Labute approximate surface area is 155 Å². The second kappa shape index (κ2) is 15.2. The third-order valence-electron chi connectivity index (χ3n) is 3.19. The molecule has 0 spiro atoms. The average Bonchev–Trinajstić information content (AvgIpc) is 2.75. The van der Waals surface area contributed by atoms with Gasteiger partial charge < -0.3 is 0 Å². The fraction of sp³-hybridized carbons (Fsp3) is 0.250. The van der Waals surface area contributed by atoms with E-state index in [0.717, 1.165) is 0 Å². The first kappa shape index (κ1) is 22.6. The Kier molecular flexibility index (Phi) is 13.7. The van der Waals surface area contributed by atoms with Gasteiger partial charge in [-0.1, -0.05) is 96.1 Å². The molecule has 0 saturated carbocycles. The Morgan fingerprint density at radius 3 is 0.760 bits per heavy atom. The lowest BCUT2D eigenvalue weighted by Crippen LogP contribution is -2.96. The van der Waals surface area contributed by atoms with Crippen molar-refractivity contribution in [3.63, 3.8) is 0 Å². The van der Waals surface area contributed by atoms with Gasteiger partial charge in [0, 0.05) is 0 Å². The van der Waals surface area contributed by atoms with Gasteiger partial charge in [-0.25, -0.2) is 4.90 Å². The summed E-state index contributed by atoms with van der Waals surface area (Å²) in [6.45, 7) is 12.0. The Morgan fingerprint density at radius 1 is 0.360 bits per heavy atom. The molecule has 134 valence electrons. The van der Waals surface area contributed by atoms with Crippen LogP contribution in [0.3, 0.4) is 0 Å². The molecule has 0 unspecified atom stereocenters. The molecule has 1 nitrogen and oxygen atoms in total. The van der Waals surface area contributed by atoms with Crippen molar-refractivity contribution >= 4 is 17.1 Å². The second-order valence-electron chi connectivity index (χ2n) is 4.47. The number of hydrogen-bond acceptors (Lipinski definition) is 0. The van der Waals surface area contributed by atoms with Crippen LogP contribution in [0.4, 0.5) is 17.1 Å². The summed E-state index contributed by atoms with van der Waals surface area (Å²) in [5.41, 5.74) is 3.75. The maximum Gasteiger partial charge on any atom is 0.141 e. The van der Waals surface area contributed by atoms with Gasteiger partial charge in [0.05, 0.1) is 0 Å². The van der Waals surface area contributed by atoms with Crippen molar-refractivity contribution in [2.24, 2.45) is 0 Å². The molecule has 0 aliphatic rings. The number of rotatable bonds is 3. The minimum atomic E-state index is 1.25. The highest BCUT2D eigenvalue weighted by Gasteiger charge is 2.17. The van der Waals surface area contributed by atoms with Crippen molar-refractivity contribution in [3.05, 3.63) is 91.0 Å². The van der Waals surface area contributed by atoms with Gasteiger partial charge in [-0.15, -0.1) is 0 Å². The highest BCUT2D eigenvalue weighted by Crippen LogP contribution is 2.13. The lowest BCUT2D eigenvalue weighted by molar-refractivity contribution is -0.681. The van der Waals surface area contributed by atoms with Crippen LogP contribution in [0.5, 0.6) is 0 Å². The Morgan fingerprint density at radius 2 is 0.560 bits per heavy atom. The van der Waals surface area contributed by atoms with Gasteiger partial charge in [0.2, 0.25) is 0 Å². The van der Waals surface area contributed by atoms with E-state index in [0.29, 0.717) is 0 Å². The zero-order valence-corrected chi connectivity index (χ0v) is 16.7. The predicted octanol–water partition coefficient (Wildman–Crippen LogP) is 6.95. The smallest absolute Gasteiger partial charge is 0.141 e. The summed E-state index contributed by atoms with van der Waals surface area (Å²) in [6, 6.07) is 31.6. The summed E-state index contributed by atoms with van der Waals surface area (Å²) in [6.07, 6.45) is 0. The lowest BCUT2D eigenvalue weighted by atomic mass is 10.2. The van der Waals surface area contributed by atoms with Crippen molar-refractivity contribution < 1.29 is 4.90 Å². The lowest BCUT2D eigenvalue weighted by Gasteiger charge is -2.18. The molecular weight excluding hydrogens is 302 g/mol. The maximum absolute atomic E-state index is 2.16. The summed E-state index contributed by atoms with van der Waals surface area (Å²) in [5, 5.41) is 0. The zero-order valence-electron chi connectivity index (χ0n) is 16.7. The van der Waals surface area contributed by atoms with E-state index in [4.69, 9.17) is 0 Å². The first-order chi connectivity index (χ1) is 12.4. The minimum Gasteiger partial charge on any atom is -0.238 e. The van der Waals surface area contributed by atoms with Gasteiger partial charge in [-0.2, -0.15) is 0 Å². The zero-order chi connectivity index (χ0) is 18.9. The van der Waals surface area contributed by atoms with Gasteiger partial charge in [0.1, 0.15) is 17.1 Å². The first-order valence-corrected chi connectivity index (χ1v) is 9.48. The molecule has 25 heavy (non-hydrogen) atoms. The maximum atomic E-state index is 2.16. The topological polar surface area (TPSA) is 4.44 Å². The molecule has 0 fully saturated rings. The van der Waals surface area contributed by atoms with E-state index in [1.54, 1.807) is 0 Å². The van der Waals surface area contributed by atoms with Crippen molar-refractivity contribution in [3.8, 4) is 0 Å². The van der Waals surface area contributed by atoms with E-state index < -0.39 is 0 Å². The van der Waals surface area contributed by atoms with E-state index >= 15 is 0 Å². The summed E-state index contributed by atoms with van der Waals surface area (Å²) in [7, 11) is 0. The van der Waals surface area contributed by atoms with E-state index in [1.807, 2.05) is 41.5 Å². The molecule has 0 bridgehead atoms. The molecule has 3 rings (SSSR count). The van der Waals surface area contributed by atoms with Gasteiger partial charge in [-0.3, -0.25) is 0 Å². The highest BCUT2D eigenvalue weighted by atomic mass is 15.1. The van der Waals surface area contributed by atoms with E-state index in [1.165, 1.54) is 22.0 Å². The van der Waals surface area contributed by atoms with Crippen LogP contribution in [0.2, 0.25) is 0 Å². The molecular formula is C24H34N+. The SMILES string of the molecule is CC.CC.CC.c1ccc([NH+](c2ccccc2)c2ccccc2)cc1. The monoisotopic (exact) mass is 336 g/mol. The Hall–Kier alpha value is -2.38. The first-order valence-electron chi connectivity index (χ1n) is 9.48. The van der Waals surface area contributed by atoms with Crippen LogP contribution in [0.25, 0.3) is 0 Å². The van der Waals surface area contributed by atoms with Crippen LogP contribution in [0.1, 0.15) is 41.5 Å². The van der Waals surface area contributed by atoms with E-state index in [9.17, 15) is 0 Å². The highest BCUT2D eigenvalue weighted by molar-refractivity contribution is 5.45. The Bertz CT molecular complexity index is 524. The number of hydrogen-bond donors (Lipinski definition) is 1. The molecule has 3 aromatic carbocycles. The molecule has 1 heteroatoms. The summed E-state index contributed by atoms with van der Waals surface area (Å²) >= 11 is 0. The third-order valence-corrected chi connectivity index (χ3v) is 3.19. The van der Waals surface area contributed by atoms with Crippen LogP contribution in [-0.4, -0.2) is 0 Å². The Balaban J connectivity index is 0.000000871. The molecule has 0 heterocycles. The largest absolute Gasteiger partial charge is 0.238 e. The second-order valence-corrected chi connectivity index (χ2v) is 4.47. The molecule has 3 aromatic rings. The standard InChI is InChI=1S/C18H15N.3C2H6/c1-4-10-16(11-5-1)19(17-12-6-2-7-13-17)18-14-8-3-9-15-18;3*1-2/h1-15H;3*1-2H3/p+1. The van der Waals surface area contributed by atoms with Gasteiger partial charge >= 0.3 is 0 Å². The van der Waals surface area contributed by atoms with Crippen LogP contribution in [-0.2, 0) is 0 Å². The number of para-hydroxylation sites is 3. The number of nitrogens with one attached hydrogen (secondary N) is 1. The fourth-order valence-corrected chi connectivity index (χ4v) is 2.31.